The number of nitrogens with zero attached hydrogens (tertiary/aromatic N) is 1. The average molecular weight is 333 g/mol. The summed E-state index contributed by atoms with van der Waals surface area (Å²) < 4.78 is 27.4. The van der Waals surface area contributed by atoms with Gasteiger partial charge in [0.2, 0.25) is 10.0 Å². The summed E-state index contributed by atoms with van der Waals surface area (Å²) in [5.41, 5.74) is 5.86. The lowest BCUT2D eigenvalue weighted by Gasteiger charge is -2.35. The van der Waals surface area contributed by atoms with Crippen LogP contribution >= 0.6 is 15.9 Å². The second-order valence-corrected chi connectivity index (χ2v) is 7.51. The van der Waals surface area contributed by atoms with Gasteiger partial charge in [-0.2, -0.15) is 4.31 Å². The lowest BCUT2D eigenvalue weighted by atomic mass is 10.0. The van der Waals surface area contributed by atoms with Gasteiger partial charge in [-0.1, -0.05) is 22.0 Å². The second kappa shape index (κ2) is 5.28. The first-order valence-corrected chi connectivity index (χ1v) is 8.17. The molecule has 1 heterocycles. The number of benzene rings is 1. The molecule has 2 atom stereocenters. The van der Waals surface area contributed by atoms with Crippen molar-refractivity contribution in [3.8, 4) is 0 Å². The summed E-state index contributed by atoms with van der Waals surface area (Å²) in [6.45, 7) is 2.41. The first-order chi connectivity index (χ1) is 8.41. The number of piperidine rings is 1. The summed E-state index contributed by atoms with van der Waals surface area (Å²) >= 11 is 3.30. The van der Waals surface area contributed by atoms with E-state index in [9.17, 15) is 8.42 Å². The highest BCUT2D eigenvalue weighted by Crippen LogP contribution is 2.26. The third-order valence-corrected chi connectivity index (χ3v) is 5.76. The fourth-order valence-corrected chi connectivity index (χ4v) is 4.56. The van der Waals surface area contributed by atoms with Crippen LogP contribution in [-0.2, 0) is 10.0 Å². The van der Waals surface area contributed by atoms with E-state index in [2.05, 4.69) is 15.9 Å². The molecule has 0 aliphatic carbocycles. The van der Waals surface area contributed by atoms with Crippen molar-refractivity contribution in [1.29, 1.82) is 0 Å². The van der Waals surface area contributed by atoms with Gasteiger partial charge >= 0.3 is 0 Å². The van der Waals surface area contributed by atoms with E-state index >= 15 is 0 Å². The minimum absolute atomic E-state index is 0.0438. The third-order valence-electron chi connectivity index (χ3n) is 3.26. The van der Waals surface area contributed by atoms with Gasteiger partial charge in [-0.15, -0.1) is 0 Å². The highest BCUT2D eigenvalue weighted by molar-refractivity contribution is 9.10. The Morgan fingerprint density at radius 3 is 2.78 bits per heavy atom. The average Bonchev–Trinajstić information content (AvgIpc) is 2.28. The molecule has 6 heteroatoms. The minimum atomic E-state index is -3.41. The molecule has 0 aromatic heterocycles. The molecule has 1 saturated heterocycles. The molecule has 0 radical (unpaired) electrons. The molecular weight excluding hydrogens is 316 g/mol. The first kappa shape index (κ1) is 14.0. The Bertz CT molecular complexity index is 533. The second-order valence-electron chi connectivity index (χ2n) is 4.71. The summed E-state index contributed by atoms with van der Waals surface area (Å²) in [7, 11) is -3.41. The number of halogens is 1. The first-order valence-electron chi connectivity index (χ1n) is 5.94. The Kier molecular flexibility index (Phi) is 4.11. The molecule has 0 amide bonds. The zero-order valence-corrected chi connectivity index (χ0v) is 12.6. The predicted molar refractivity (Wildman–Crippen MR) is 74.7 cm³/mol. The van der Waals surface area contributed by atoms with E-state index in [-0.39, 0.29) is 12.1 Å². The minimum Gasteiger partial charge on any atom is -0.328 e. The summed E-state index contributed by atoms with van der Waals surface area (Å²) in [6, 6.07) is 6.87. The maximum atomic E-state index is 12.5. The van der Waals surface area contributed by atoms with E-state index in [4.69, 9.17) is 5.73 Å². The monoisotopic (exact) mass is 332 g/mol. The molecule has 0 spiro atoms. The Labute approximate surface area is 116 Å². The molecule has 0 saturated carbocycles. The van der Waals surface area contributed by atoms with Crippen LogP contribution in [0.5, 0.6) is 0 Å². The van der Waals surface area contributed by atoms with Gasteiger partial charge in [0.15, 0.2) is 0 Å². The van der Waals surface area contributed by atoms with Crippen LogP contribution in [-0.4, -0.2) is 31.4 Å². The fourth-order valence-electron chi connectivity index (χ4n) is 2.31. The quantitative estimate of drug-likeness (QED) is 0.900. The fraction of sp³-hybridized carbons (Fsp3) is 0.500. The molecule has 2 N–H and O–H groups in total. The van der Waals surface area contributed by atoms with E-state index in [0.29, 0.717) is 17.9 Å². The molecule has 1 aromatic rings. The van der Waals surface area contributed by atoms with Crippen molar-refractivity contribution >= 4 is 26.0 Å². The number of nitrogens with two attached hydrogens (primary N) is 1. The zero-order valence-electron chi connectivity index (χ0n) is 10.2. The predicted octanol–water partition coefficient (Wildman–Crippen LogP) is 1.95. The molecule has 1 aliphatic heterocycles. The molecule has 18 heavy (non-hydrogen) atoms. The van der Waals surface area contributed by atoms with Gasteiger partial charge in [0, 0.05) is 23.1 Å². The van der Waals surface area contributed by atoms with Crippen molar-refractivity contribution in [3.05, 3.63) is 28.7 Å². The van der Waals surface area contributed by atoms with Crippen LogP contribution in [0.3, 0.4) is 0 Å². The van der Waals surface area contributed by atoms with Crippen LogP contribution < -0.4 is 5.73 Å². The molecule has 0 bridgehead atoms. The van der Waals surface area contributed by atoms with Gasteiger partial charge in [0.25, 0.3) is 0 Å². The zero-order chi connectivity index (χ0) is 13.3. The molecule has 1 aromatic carbocycles. The van der Waals surface area contributed by atoms with E-state index in [0.717, 1.165) is 10.9 Å². The van der Waals surface area contributed by atoms with E-state index in [1.165, 1.54) is 0 Å². The van der Waals surface area contributed by atoms with E-state index in [1.54, 1.807) is 22.5 Å². The van der Waals surface area contributed by atoms with Crippen LogP contribution in [0.25, 0.3) is 0 Å². The van der Waals surface area contributed by atoms with E-state index < -0.39 is 10.0 Å². The van der Waals surface area contributed by atoms with Gasteiger partial charge in [-0.25, -0.2) is 8.42 Å². The lowest BCUT2D eigenvalue weighted by molar-refractivity contribution is 0.247. The molecular formula is C12H17BrN2O2S. The Morgan fingerprint density at radius 2 is 2.17 bits per heavy atom. The van der Waals surface area contributed by atoms with Crippen molar-refractivity contribution in [1.82, 2.24) is 4.31 Å². The molecule has 1 fully saturated rings. The van der Waals surface area contributed by atoms with Crippen molar-refractivity contribution in [2.24, 2.45) is 5.73 Å². The van der Waals surface area contributed by atoms with Gasteiger partial charge in [-0.3, -0.25) is 0 Å². The Balaban J connectivity index is 2.31. The van der Waals surface area contributed by atoms with Crippen LogP contribution in [0.1, 0.15) is 19.8 Å². The summed E-state index contributed by atoms with van der Waals surface area (Å²) in [5.74, 6) is 0. The largest absolute Gasteiger partial charge is 0.328 e. The van der Waals surface area contributed by atoms with Gasteiger partial charge in [0.05, 0.1) is 4.90 Å². The van der Waals surface area contributed by atoms with Crippen LogP contribution in [0.4, 0.5) is 0 Å². The molecule has 4 nitrogen and oxygen atoms in total. The van der Waals surface area contributed by atoms with Gasteiger partial charge < -0.3 is 5.73 Å². The Hall–Kier alpha value is -0.430. The lowest BCUT2D eigenvalue weighted by Crippen LogP contribution is -2.48. The van der Waals surface area contributed by atoms with Crippen molar-refractivity contribution < 1.29 is 8.42 Å². The van der Waals surface area contributed by atoms with Gasteiger partial charge in [-0.05, 0) is 38.0 Å². The van der Waals surface area contributed by atoms with E-state index in [1.807, 2.05) is 13.0 Å². The molecule has 2 rings (SSSR count). The van der Waals surface area contributed by atoms with Crippen molar-refractivity contribution in [2.75, 3.05) is 6.54 Å². The van der Waals surface area contributed by atoms with Crippen molar-refractivity contribution in [2.45, 2.75) is 36.7 Å². The topological polar surface area (TPSA) is 63.4 Å². The van der Waals surface area contributed by atoms with Gasteiger partial charge in [0.1, 0.15) is 0 Å². The summed E-state index contributed by atoms with van der Waals surface area (Å²) in [4.78, 5) is 0.333. The highest BCUT2D eigenvalue weighted by atomic mass is 79.9. The maximum Gasteiger partial charge on any atom is 0.243 e. The Morgan fingerprint density at radius 1 is 1.44 bits per heavy atom. The van der Waals surface area contributed by atoms with Crippen LogP contribution in [0, 0.1) is 0 Å². The van der Waals surface area contributed by atoms with Crippen molar-refractivity contribution in [3.63, 3.8) is 0 Å². The highest BCUT2D eigenvalue weighted by Gasteiger charge is 2.33. The normalized spacial score (nSPS) is 26.2. The molecule has 1 aliphatic rings. The summed E-state index contributed by atoms with van der Waals surface area (Å²) in [6.07, 6.45) is 1.44. The third kappa shape index (κ3) is 2.77. The smallest absolute Gasteiger partial charge is 0.243 e. The number of hydrogen-bond donors (Lipinski definition) is 1. The maximum absolute atomic E-state index is 12.5. The van der Waals surface area contributed by atoms with Crippen LogP contribution in [0.15, 0.2) is 33.6 Å². The molecule has 100 valence electrons. The number of sulfonamides is 1. The summed E-state index contributed by atoms with van der Waals surface area (Å²) in [5, 5.41) is 0. The van der Waals surface area contributed by atoms with Crippen LogP contribution in [0.2, 0.25) is 0 Å². The number of hydrogen-bond acceptors (Lipinski definition) is 3. The number of rotatable bonds is 2. The SMILES string of the molecule is C[C@@H]1C[C@H](N)CCN1S(=O)(=O)c1cccc(Br)c1. The standard InChI is InChI=1S/C12H17BrN2O2S/c1-9-7-11(14)5-6-15(9)18(16,17)12-4-2-3-10(13)8-12/h2-4,8-9,11H,5-7,14H2,1H3/t9-,11-/m1/s1. The molecule has 0 unspecified atom stereocenters.